The van der Waals surface area contributed by atoms with Crippen molar-refractivity contribution in [1.82, 2.24) is 0 Å². The summed E-state index contributed by atoms with van der Waals surface area (Å²) in [6, 6.07) is 6.43. The molecule has 0 bridgehead atoms. The van der Waals surface area contributed by atoms with Crippen molar-refractivity contribution in [3.8, 4) is 0 Å². The first-order valence-electron chi connectivity index (χ1n) is 10.1. The first-order chi connectivity index (χ1) is 15.7. The van der Waals surface area contributed by atoms with Gasteiger partial charge in [0.25, 0.3) is 0 Å². The van der Waals surface area contributed by atoms with Crippen molar-refractivity contribution in [3.63, 3.8) is 0 Å². The van der Waals surface area contributed by atoms with Crippen LogP contribution in [-0.4, -0.2) is 50.7 Å². The second-order valence-electron chi connectivity index (χ2n) is 7.12. The van der Waals surface area contributed by atoms with E-state index >= 15 is 0 Å². The van der Waals surface area contributed by atoms with Crippen LogP contribution in [0.5, 0.6) is 0 Å². The van der Waals surface area contributed by atoms with Gasteiger partial charge < -0.3 is 29.6 Å². The number of ether oxygens (including phenoxy) is 4. The van der Waals surface area contributed by atoms with E-state index in [1.165, 1.54) is 25.0 Å². The van der Waals surface area contributed by atoms with Gasteiger partial charge in [-0.15, -0.1) is 0 Å². The normalized spacial score (nSPS) is 19.2. The first-order valence-corrected chi connectivity index (χ1v) is 10.1. The summed E-state index contributed by atoms with van der Waals surface area (Å²) in [5, 5.41) is 0. The molecule has 33 heavy (non-hydrogen) atoms. The predicted molar refractivity (Wildman–Crippen MR) is 115 cm³/mol. The summed E-state index contributed by atoms with van der Waals surface area (Å²) in [6.45, 7) is 5.99. The number of carbonyl (C=O) groups is 4. The Kier molecular flexibility index (Phi) is 6.57. The van der Waals surface area contributed by atoms with Crippen LogP contribution >= 0.6 is 0 Å². The molecule has 0 saturated heterocycles. The quantitative estimate of drug-likeness (QED) is 0.362. The molecule has 1 aromatic rings. The number of cyclic esters (lactones) is 1. The Morgan fingerprint density at radius 3 is 2.48 bits per heavy atom. The minimum atomic E-state index is -2.05. The second-order valence-corrected chi connectivity index (χ2v) is 7.12. The number of benzene rings is 1. The van der Waals surface area contributed by atoms with Gasteiger partial charge in [-0.05, 0) is 19.9 Å². The number of nitrogens with two attached hydrogens (primary N) is 1. The minimum absolute atomic E-state index is 0.0294. The van der Waals surface area contributed by atoms with Crippen molar-refractivity contribution >= 4 is 29.6 Å². The zero-order valence-corrected chi connectivity index (χ0v) is 18.5. The number of anilines is 1. The van der Waals surface area contributed by atoms with Gasteiger partial charge in [0.1, 0.15) is 35.9 Å². The molecule has 1 atom stereocenters. The van der Waals surface area contributed by atoms with Crippen LogP contribution in [0.2, 0.25) is 0 Å². The number of esters is 4. The smallest absolute Gasteiger partial charge is 0.339 e. The van der Waals surface area contributed by atoms with Crippen molar-refractivity contribution in [2.75, 3.05) is 31.8 Å². The molecule has 174 valence electrons. The Hall–Kier alpha value is -4.08. The number of hydrogen-bond acceptors (Lipinski definition) is 10. The van der Waals surface area contributed by atoms with E-state index in [0.717, 1.165) is 0 Å². The molecule has 2 N–H and O–H groups in total. The summed E-state index contributed by atoms with van der Waals surface area (Å²) in [5.74, 6) is -3.68. The molecule has 0 radical (unpaired) electrons. The highest BCUT2D eigenvalue weighted by molar-refractivity contribution is 6.16. The number of carbonyl (C=O) groups excluding carboxylic acids is 4. The maximum absolute atomic E-state index is 13.5. The lowest BCUT2D eigenvalue weighted by molar-refractivity contribution is -0.147. The van der Waals surface area contributed by atoms with E-state index in [1.807, 2.05) is 0 Å². The topological polar surface area (TPSA) is 134 Å². The molecule has 10 nitrogen and oxygen atoms in total. The monoisotopic (exact) mass is 456 g/mol. The van der Waals surface area contributed by atoms with Crippen LogP contribution in [0.1, 0.15) is 19.4 Å². The second kappa shape index (κ2) is 9.19. The van der Waals surface area contributed by atoms with E-state index in [9.17, 15) is 19.2 Å². The average Bonchev–Trinajstić information content (AvgIpc) is 3.05. The van der Waals surface area contributed by atoms with Gasteiger partial charge in [0, 0.05) is 11.3 Å². The fourth-order valence-corrected chi connectivity index (χ4v) is 4.05. The van der Waals surface area contributed by atoms with E-state index in [-0.39, 0.29) is 48.0 Å². The van der Waals surface area contributed by atoms with Gasteiger partial charge in [-0.25, -0.2) is 14.4 Å². The Morgan fingerprint density at radius 2 is 1.85 bits per heavy atom. The molecule has 0 aliphatic carbocycles. The van der Waals surface area contributed by atoms with E-state index in [0.29, 0.717) is 5.69 Å². The highest BCUT2D eigenvalue weighted by Crippen LogP contribution is 2.54. The molecule has 10 heteroatoms. The molecular formula is C23H24N2O8. The molecule has 2 aliphatic heterocycles. The molecule has 1 aromatic carbocycles. The highest BCUT2D eigenvalue weighted by atomic mass is 16.6. The molecule has 0 unspecified atom stereocenters. The number of rotatable bonds is 7. The number of allylic oxidation sites excluding steroid dienone is 1. The van der Waals surface area contributed by atoms with Gasteiger partial charge in [-0.1, -0.05) is 30.9 Å². The molecule has 2 heterocycles. The van der Waals surface area contributed by atoms with Gasteiger partial charge in [0.2, 0.25) is 0 Å². The van der Waals surface area contributed by atoms with Crippen molar-refractivity contribution in [1.29, 1.82) is 0 Å². The van der Waals surface area contributed by atoms with Crippen molar-refractivity contribution in [3.05, 3.63) is 65.2 Å². The number of hydrogen-bond donors (Lipinski definition) is 1. The van der Waals surface area contributed by atoms with Crippen LogP contribution in [-0.2, 0) is 43.5 Å². The SMILES string of the molecule is C=CCOC(=O)C1=C(C)OC(=O)[C@]12C(C(=O)OCC)=C(N)N(CC(=O)OC)c1ccccc12. The van der Waals surface area contributed by atoms with E-state index in [4.69, 9.17) is 24.7 Å². The number of methoxy groups -OCH3 is 1. The third-order valence-electron chi connectivity index (χ3n) is 5.33. The Balaban J connectivity index is 2.39. The number of fused-ring (bicyclic) bond motifs is 2. The van der Waals surface area contributed by atoms with Crippen molar-refractivity contribution in [2.45, 2.75) is 19.3 Å². The molecule has 0 fully saturated rings. The molecule has 0 saturated carbocycles. The predicted octanol–water partition coefficient (Wildman–Crippen LogP) is 1.21. The van der Waals surface area contributed by atoms with Crippen LogP contribution in [0.15, 0.2) is 59.6 Å². The molecule has 0 amide bonds. The molecule has 0 aromatic heterocycles. The fraction of sp³-hybridized carbons (Fsp3) is 0.304. The summed E-state index contributed by atoms with van der Waals surface area (Å²) in [4.78, 5) is 53.2. The van der Waals surface area contributed by atoms with Gasteiger partial charge in [0.05, 0.1) is 13.7 Å². The Bertz CT molecular complexity index is 1100. The van der Waals surface area contributed by atoms with Crippen molar-refractivity contribution < 1.29 is 38.1 Å². The third-order valence-corrected chi connectivity index (χ3v) is 5.33. The van der Waals surface area contributed by atoms with Gasteiger partial charge >= 0.3 is 23.9 Å². The molecule has 1 spiro atoms. The van der Waals surface area contributed by atoms with Gasteiger partial charge in [-0.3, -0.25) is 4.79 Å². The summed E-state index contributed by atoms with van der Waals surface area (Å²) < 4.78 is 20.6. The van der Waals surface area contributed by atoms with Gasteiger partial charge in [-0.2, -0.15) is 0 Å². The lowest BCUT2D eigenvalue weighted by Gasteiger charge is -2.40. The molecule has 2 aliphatic rings. The lowest BCUT2D eigenvalue weighted by Crippen LogP contribution is -2.51. The largest absolute Gasteiger partial charge is 0.468 e. The van der Waals surface area contributed by atoms with Crippen LogP contribution in [0, 0.1) is 0 Å². The minimum Gasteiger partial charge on any atom is -0.468 e. The first kappa shape index (κ1) is 23.6. The Labute approximate surface area is 190 Å². The maximum atomic E-state index is 13.5. The summed E-state index contributed by atoms with van der Waals surface area (Å²) >= 11 is 0. The number of nitrogens with zero attached hydrogens (tertiary/aromatic N) is 1. The standard InChI is InChI=1S/C23H24N2O8/c1-5-11-32-20(27)17-13(3)33-22(29)23(17)14-9-7-8-10-15(14)25(12-16(26)30-4)19(24)18(23)21(28)31-6-2/h5,7-10H,1,6,11-12,24H2,2-4H3/t23-/m0/s1. The van der Waals surface area contributed by atoms with Crippen LogP contribution in [0.4, 0.5) is 5.69 Å². The fourth-order valence-electron chi connectivity index (χ4n) is 4.05. The average molecular weight is 456 g/mol. The highest BCUT2D eigenvalue weighted by Gasteiger charge is 2.63. The zero-order valence-electron chi connectivity index (χ0n) is 18.5. The summed E-state index contributed by atoms with van der Waals surface area (Å²) in [7, 11) is 1.21. The summed E-state index contributed by atoms with van der Waals surface area (Å²) in [5.41, 5.74) is 4.31. The van der Waals surface area contributed by atoms with Crippen LogP contribution < -0.4 is 10.6 Å². The Morgan fingerprint density at radius 1 is 1.18 bits per heavy atom. The van der Waals surface area contributed by atoms with E-state index < -0.39 is 29.3 Å². The van der Waals surface area contributed by atoms with E-state index in [2.05, 4.69) is 6.58 Å². The molecular weight excluding hydrogens is 432 g/mol. The molecule has 3 rings (SSSR count). The third kappa shape index (κ3) is 3.63. The maximum Gasteiger partial charge on any atom is 0.339 e. The van der Waals surface area contributed by atoms with Crippen molar-refractivity contribution in [2.24, 2.45) is 5.73 Å². The summed E-state index contributed by atoms with van der Waals surface area (Å²) in [6.07, 6.45) is 1.36. The lowest BCUT2D eigenvalue weighted by atomic mass is 9.66. The van der Waals surface area contributed by atoms with Crippen LogP contribution in [0.25, 0.3) is 0 Å². The van der Waals surface area contributed by atoms with Crippen LogP contribution in [0.3, 0.4) is 0 Å². The van der Waals surface area contributed by atoms with E-state index in [1.54, 1.807) is 31.2 Å². The number of para-hydroxylation sites is 1. The zero-order chi connectivity index (χ0) is 24.3. The van der Waals surface area contributed by atoms with Gasteiger partial charge in [0.15, 0.2) is 5.41 Å².